The van der Waals surface area contributed by atoms with E-state index in [2.05, 4.69) is 45.8 Å². The third-order valence-electron chi connectivity index (χ3n) is 5.27. The van der Waals surface area contributed by atoms with Gasteiger partial charge in [-0.1, -0.05) is 20.8 Å². The van der Waals surface area contributed by atoms with E-state index in [1.54, 1.807) is 0 Å². The Morgan fingerprint density at radius 2 is 1.79 bits per heavy atom. The summed E-state index contributed by atoms with van der Waals surface area (Å²) in [5.41, 5.74) is 1.86. The largest absolute Gasteiger partial charge is 0.356 e. The second-order valence-corrected chi connectivity index (χ2v) is 8.67. The molecule has 0 aromatic carbocycles. The van der Waals surface area contributed by atoms with E-state index in [4.69, 9.17) is 5.10 Å². The lowest BCUT2D eigenvalue weighted by molar-refractivity contribution is 0.470. The maximum absolute atomic E-state index is 4.84. The minimum absolute atomic E-state index is 0.00372. The molecule has 0 saturated carbocycles. The molecule has 3 aromatic heterocycles. The number of anilines is 2. The molecule has 1 saturated heterocycles. The van der Waals surface area contributed by atoms with Crippen LogP contribution in [0.25, 0.3) is 5.65 Å². The highest BCUT2D eigenvalue weighted by Crippen LogP contribution is 2.30. The molecule has 3 aromatic rings. The van der Waals surface area contributed by atoms with Crippen molar-refractivity contribution in [1.29, 1.82) is 0 Å². The number of fused-ring (bicyclic) bond motifs is 1. The van der Waals surface area contributed by atoms with Gasteiger partial charge in [0.05, 0.1) is 5.69 Å². The average Bonchev–Trinajstić information content (AvgIpc) is 3.11. The van der Waals surface area contributed by atoms with E-state index >= 15 is 0 Å². The Balaban J connectivity index is 1.53. The van der Waals surface area contributed by atoms with Crippen molar-refractivity contribution in [3.05, 3.63) is 35.9 Å². The van der Waals surface area contributed by atoms with E-state index in [1.807, 2.05) is 47.9 Å². The standard InChI is InChI=1S/C20H28N8/c1-20(2,3)15-6-7-17-23-24-18(28(17)25-15)14-9-12-27(13-10-14)16-8-11-21-19(22-16)26(4)5/h6-8,11,14H,9-10,12-13H2,1-5H3. The molecule has 0 N–H and O–H groups in total. The Kier molecular flexibility index (Phi) is 4.64. The molecule has 4 heterocycles. The van der Waals surface area contributed by atoms with Crippen LogP contribution < -0.4 is 9.80 Å². The molecular weight excluding hydrogens is 352 g/mol. The second kappa shape index (κ2) is 7.00. The van der Waals surface area contributed by atoms with E-state index < -0.39 is 0 Å². The normalized spacial score (nSPS) is 16.0. The van der Waals surface area contributed by atoms with Crippen molar-refractivity contribution in [1.82, 2.24) is 29.8 Å². The van der Waals surface area contributed by atoms with Gasteiger partial charge in [0.25, 0.3) is 0 Å². The van der Waals surface area contributed by atoms with Crippen LogP contribution in [-0.2, 0) is 5.41 Å². The molecule has 8 heteroatoms. The maximum Gasteiger partial charge on any atom is 0.226 e. The van der Waals surface area contributed by atoms with Gasteiger partial charge in [0.1, 0.15) is 5.82 Å². The fraction of sp³-hybridized carbons (Fsp3) is 0.550. The summed E-state index contributed by atoms with van der Waals surface area (Å²) in [4.78, 5) is 13.2. The number of aromatic nitrogens is 6. The average molecular weight is 381 g/mol. The highest BCUT2D eigenvalue weighted by Gasteiger charge is 2.27. The molecule has 1 aliphatic heterocycles. The molecule has 8 nitrogen and oxygen atoms in total. The van der Waals surface area contributed by atoms with Crippen molar-refractivity contribution < 1.29 is 0 Å². The van der Waals surface area contributed by atoms with Crippen LogP contribution in [0.1, 0.15) is 51.0 Å². The maximum atomic E-state index is 4.84. The van der Waals surface area contributed by atoms with E-state index in [9.17, 15) is 0 Å². The lowest BCUT2D eigenvalue weighted by atomic mass is 9.92. The summed E-state index contributed by atoms with van der Waals surface area (Å²) in [5, 5.41) is 13.7. The Hall–Kier alpha value is -2.77. The van der Waals surface area contributed by atoms with Crippen LogP contribution in [0.3, 0.4) is 0 Å². The van der Waals surface area contributed by atoms with E-state index in [1.165, 1.54) is 0 Å². The molecule has 28 heavy (non-hydrogen) atoms. The van der Waals surface area contributed by atoms with Gasteiger partial charge < -0.3 is 9.80 Å². The summed E-state index contributed by atoms with van der Waals surface area (Å²) in [6.45, 7) is 8.39. The summed E-state index contributed by atoms with van der Waals surface area (Å²) in [6, 6.07) is 6.05. The topological polar surface area (TPSA) is 75.3 Å². The van der Waals surface area contributed by atoms with Crippen molar-refractivity contribution in [2.24, 2.45) is 0 Å². The van der Waals surface area contributed by atoms with Gasteiger partial charge in [0.15, 0.2) is 11.5 Å². The SMILES string of the molecule is CN(C)c1nccc(N2CCC(c3nnc4ccc(C(C)(C)C)nn34)CC2)n1. The first-order valence-corrected chi connectivity index (χ1v) is 9.81. The monoisotopic (exact) mass is 380 g/mol. The number of rotatable bonds is 3. The lowest BCUT2D eigenvalue weighted by Gasteiger charge is -2.32. The lowest BCUT2D eigenvalue weighted by Crippen LogP contribution is -2.34. The zero-order valence-corrected chi connectivity index (χ0v) is 17.3. The summed E-state index contributed by atoms with van der Waals surface area (Å²) >= 11 is 0. The minimum Gasteiger partial charge on any atom is -0.356 e. The highest BCUT2D eigenvalue weighted by atomic mass is 15.4. The first kappa shape index (κ1) is 18.6. The van der Waals surface area contributed by atoms with Crippen molar-refractivity contribution in [3.8, 4) is 0 Å². The molecule has 0 unspecified atom stereocenters. The molecule has 148 valence electrons. The van der Waals surface area contributed by atoms with Gasteiger partial charge in [-0.05, 0) is 31.0 Å². The van der Waals surface area contributed by atoms with Crippen molar-refractivity contribution in [3.63, 3.8) is 0 Å². The van der Waals surface area contributed by atoms with Gasteiger partial charge in [-0.3, -0.25) is 0 Å². The van der Waals surface area contributed by atoms with Gasteiger partial charge in [0.2, 0.25) is 5.95 Å². The van der Waals surface area contributed by atoms with Crippen molar-refractivity contribution in [2.75, 3.05) is 37.0 Å². The first-order chi connectivity index (χ1) is 13.3. The van der Waals surface area contributed by atoms with Crippen LogP contribution in [-0.4, -0.2) is 57.0 Å². The Morgan fingerprint density at radius 3 is 2.46 bits per heavy atom. The predicted molar refractivity (Wildman–Crippen MR) is 110 cm³/mol. The third-order valence-corrected chi connectivity index (χ3v) is 5.27. The van der Waals surface area contributed by atoms with Gasteiger partial charge in [-0.2, -0.15) is 14.6 Å². The minimum atomic E-state index is -0.00372. The second-order valence-electron chi connectivity index (χ2n) is 8.67. The van der Waals surface area contributed by atoms with Crippen LogP contribution in [0, 0.1) is 0 Å². The van der Waals surface area contributed by atoms with Gasteiger partial charge in [-0.25, -0.2) is 4.98 Å². The molecule has 0 spiro atoms. The van der Waals surface area contributed by atoms with Crippen molar-refractivity contribution >= 4 is 17.4 Å². The highest BCUT2D eigenvalue weighted by molar-refractivity contribution is 5.44. The van der Waals surface area contributed by atoms with Crippen LogP contribution in [0.15, 0.2) is 24.4 Å². The Labute approximate surface area is 165 Å². The molecule has 4 rings (SSSR count). The van der Waals surface area contributed by atoms with Crippen LogP contribution in [0.2, 0.25) is 0 Å². The van der Waals surface area contributed by atoms with E-state index in [0.717, 1.165) is 54.9 Å². The van der Waals surface area contributed by atoms with E-state index in [0.29, 0.717) is 5.92 Å². The summed E-state index contributed by atoms with van der Waals surface area (Å²) in [7, 11) is 3.92. The predicted octanol–water partition coefficient (Wildman–Crippen LogP) is 2.66. The number of nitrogens with zero attached hydrogens (tertiary/aromatic N) is 8. The van der Waals surface area contributed by atoms with Gasteiger partial charge >= 0.3 is 0 Å². The fourth-order valence-electron chi connectivity index (χ4n) is 3.56. The molecule has 0 radical (unpaired) electrons. The fourth-order valence-corrected chi connectivity index (χ4v) is 3.56. The van der Waals surface area contributed by atoms with Crippen molar-refractivity contribution in [2.45, 2.75) is 44.9 Å². The van der Waals surface area contributed by atoms with Crippen LogP contribution >= 0.6 is 0 Å². The molecule has 1 aliphatic rings. The molecule has 0 atom stereocenters. The number of piperidine rings is 1. The molecular formula is C20H28N8. The summed E-state index contributed by atoms with van der Waals surface area (Å²) < 4.78 is 1.94. The molecule has 1 fully saturated rings. The zero-order chi connectivity index (χ0) is 19.9. The summed E-state index contributed by atoms with van der Waals surface area (Å²) in [6.07, 6.45) is 3.83. The van der Waals surface area contributed by atoms with E-state index in [-0.39, 0.29) is 5.41 Å². The van der Waals surface area contributed by atoms with Gasteiger partial charge in [-0.15, -0.1) is 10.2 Å². The van der Waals surface area contributed by atoms with Crippen LogP contribution in [0.5, 0.6) is 0 Å². The summed E-state index contributed by atoms with van der Waals surface area (Å²) in [5.74, 6) is 3.04. The molecule has 0 bridgehead atoms. The smallest absolute Gasteiger partial charge is 0.226 e. The number of hydrogen-bond donors (Lipinski definition) is 0. The first-order valence-electron chi connectivity index (χ1n) is 9.81. The molecule has 0 aliphatic carbocycles. The van der Waals surface area contributed by atoms with Gasteiger partial charge in [0, 0.05) is 44.7 Å². The molecule has 0 amide bonds. The Bertz CT molecular complexity index is 964. The number of hydrogen-bond acceptors (Lipinski definition) is 7. The quantitative estimate of drug-likeness (QED) is 0.691. The zero-order valence-electron chi connectivity index (χ0n) is 17.3. The third kappa shape index (κ3) is 3.50. The van der Waals surface area contributed by atoms with Crippen LogP contribution in [0.4, 0.5) is 11.8 Å². The Morgan fingerprint density at radius 1 is 1.04 bits per heavy atom.